The van der Waals surface area contributed by atoms with Crippen molar-refractivity contribution in [1.82, 2.24) is 5.32 Å². The third-order valence-corrected chi connectivity index (χ3v) is 6.66. The Bertz CT molecular complexity index is 613. The molecule has 0 aliphatic heterocycles. The number of carbonyl (C=O) groups is 1. The van der Waals surface area contributed by atoms with E-state index in [4.69, 9.17) is 0 Å². The summed E-state index contributed by atoms with van der Waals surface area (Å²) in [6.07, 6.45) is 11.5. The first-order valence-electron chi connectivity index (χ1n) is 9.26. The molecule has 1 amide bonds. The summed E-state index contributed by atoms with van der Waals surface area (Å²) in [5.74, 6) is 2.38. The molecule has 4 aliphatic carbocycles. The fraction of sp³-hybridized carbons (Fsp3) is 0.571. The van der Waals surface area contributed by atoms with Crippen LogP contribution in [0.4, 0.5) is 4.39 Å². The van der Waals surface area contributed by atoms with Crippen molar-refractivity contribution in [2.24, 2.45) is 23.2 Å². The van der Waals surface area contributed by atoms with E-state index in [0.717, 1.165) is 23.3 Å². The van der Waals surface area contributed by atoms with Crippen LogP contribution in [0, 0.1) is 29.0 Å². The Labute approximate surface area is 143 Å². The smallest absolute Gasteiger partial charge is 0.244 e. The Hall–Kier alpha value is -1.64. The topological polar surface area (TPSA) is 29.1 Å². The third kappa shape index (κ3) is 3.01. The fourth-order valence-electron chi connectivity index (χ4n) is 5.87. The Morgan fingerprint density at radius 3 is 2.21 bits per heavy atom. The van der Waals surface area contributed by atoms with Crippen LogP contribution in [0.15, 0.2) is 30.3 Å². The van der Waals surface area contributed by atoms with E-state index in [0.29, 0.717) is 5.41 Å². The molecule has 4 fully saturated rings. The van der Waals surface area contributed by atoms with Gasteiger partial charge >= 0.3 is 0 Å². The lowest BCUT2D eigenvalue weighted by Crippen LogP contribution is -2.55. The van der Waals surface area contributed by atoms with Crippen LogP contribution in [0.25, 0.3) is 6.08 Å². The zero-order valence-corrected chi connectivity index (χ0v) is 14.3. The molecule has 2 nitrogen and oxygen atoms in total. The Balaban J connectivity index is 1.39. The second-order valence-electron chi connectivity index (χ2n) is 8.40. The van der Waals surface area contributed by atoms with Gasteiger partial charge in [0.05, 0.1) is 0 Å². The molecule has 4 aliphatic rings. The summed E-state index contributed by atoms with van der Waals surface area (Å²) < 4.78 is 12.9. The molecule has 0 saturated heterocycles. The summed E-state index contributed by atoms with van der Waals surface area (Å²) in [6, 6.07) is 6.42. The lowest BCUT2D eigenvalue weighted by Gasteiger charge is -2.59. The number of carbonyl (C=O) groups excluding carboxylic acids is 1. The van der Waals surface area contributed by atoms with Crippen molar-refractivity contribution in [3.8, 4) is 0 Å². The molecule has 1 unspecified atom stereocenters. The molecule has 3 heteroatoms. The second-order valence-corrected chi connectivity index (χ2v) is 8.40. The molecule has 1 aromatic rings. The second kappa shape index (κ2) is 6.02. The van der Waals surface area contributed by atoms with Crippen LogP contribution >= 0.6 is 0 Å². The molecule has 0 spiro atoms. The molecule has 1 atom stereocenters. The first-order valence-corrected chi connectivity index (χ1v) is 9.26. The quantitative estimate of drug-likeness (QED) is 0.807. The summed E-state index contributed by atoms with van der Waals surface area (Å²) in [4.78, 5) is 12.3. The number of halogens is 1. The predicted molar refractivity (Wildman–Crippen MR) is 93.6 cm³/mol. The highest BCUT2D eigenvalue weighted by Gasteiger charge is 2.53. The molecule has 24 heavy (non-hydrogen) atoms. The summed E-state index contributed by atoms with van der Waals surface area (Å²) >= 11 is 0. The van der Waals surface area contributed by atoms with Gasteiger partial charge in [-0.05, 0) is 92.4 Å². The van der Waals surface area contributed by atoms with Gasteiger partial charge in [-0.15, -0.1) is 0 Å². The zero-order chi connectivity index (χ0) is 16.7. The molecule has 4 saturated carbocycles. The van der Waals surface area contributed by atoms with Crippen molar-refractivity contribution in [2.75, 3.05) is 0 Å². The predicted octanol–water partition coefficient (Wildman–Crippen LogP) is 4.56. The summed E-state index contributed by atoms with van der Waals surface area (Å²) in [6.45, 7) is 2.19. The summed E-state index contributed by atoms with van der Waals surface area (Å²) in [5.41, 5.74) is 1.17. The van der Waals surface area contributed by atoms with Crippen LogP contribution in [0.5, 0.6) is 0 Å². The summed E-state index contributed by atoms with van der Waals surface area (Å²) in [7, 11) is 0. The van der Waals surface area contributed by atoms with Gasteiger partial charge < -0.3 is 5.32 Å². The SMILES string of the molecule is CC(NC(=O)/C=C/c1ccc(F)cc1)C12CC3CC(CC(C3)C1)C2. The molecule has 5 rings (SSSR count). The van der Waals surface area contributed by atoms with Gasteiger partial charge in [-0.1, -0.05) is 12.1 Å². The number of rotatable bonds is 4. The van der Waals surface area contributed by atoms with E-state index in [-0.39, 0.29) is 17.8 Å². The maximum absolute atomic E-state index is 12.9. The Kier molecular flexibility index (Phi) is 3.98. The number of benzene rings is 1. The zero-order valence-electron chi connectivity index (χ0n) is 14.3. The van der Waals surface area contributed by atoms with E-state index in [1.165, 1.54) is 50.7 Å². The van der Waals surface area contributed by atoms with E-state index < -0.39 is 0 Å². The van der Waals surface area contributed by atoms with Crippen molar-refractivity contribution in [1.29, 1.82) is 0 Å². The molecule has 0 radical (unpaired) electrons. The van der Waals surface area contributed by atoms with E-state index in [1.54, 1.807) is 24.3 Å². The number of amides is 1. The van der Waals surface area contributed by atoms with Gasteiger partial charge in [-0.2, -0.15) is 0 Å². The highest BCUT2D eigenvalue weighted by molar-refractivity contribution is 5.91. The van der Waals surface area contributed by atoms with Gasteiger partial charge in [0.2, 0.25) is 5.91 Å². The first kappa shape index (κ1) is 15.9. The largest absolute Gasteiger partial charge is 0.350 e. The standard InChI is InChI=1S/C21H26FNO/c1-14(21-11-16-8-17(12-21)10-18(9-16)13-21)23-20(24)7-4-15-2-5-19(22)6-3-15/h2-7,14,16-18H,8-13H2,1H3,(H,23,24)/b7-4+. The van der Waals surface area contributed by atoms with Crippen molar-refractivity contribution in [3.63, 3.8) is 0 Å². The molecular weight excluding hydrogens is 301 g/mol. The highest BCUT2D eigenvalue weighted by Crippen LogP contribution is 2.61. The molecule has 0 heterocycles. The highest BCUT2D eigenvalue weighted by atomic mass is 19.1. The molecule has 1 N–H and O–H groups in total. The lowest BCUT2D eigenvalue weighted by atomic mass is 9.48. The van der Waals surface area contributed by atoms with Crippen molar-refractivity contribution in [3.05, 3.63) is 41.7 Å². The molecule has 0 aromatic heterocycles. The van der Waals surface area contributed by atoms with Gasteiger partial charge in [-0.25, -0.2) is 4.39 Å². The van der Waals surface area contributed by atoms with Crippen LogP contribution in [0.3, 0.4) is 0 Å². The van der Waals surface area contributed by atoms with Crippen molar-refractivity contribution < 1.29 is 9.18 Å². The Morgan fingerprint density at radius 1 is 1.12 bits per heavy atom. The van der Waals surface area contributed by atoms with Gasteiger partial charge in [-0.3, -0.25) is 4.79 Å². The lowest BCUT2D eigenvalue weighted by molar-refractivity contribution is -0.121. The molecule has 128 valence electrons. The summed E-state index contributed by atoms with van der Waals surface area (Å²) in [5, 5.41) is 3.22. The minimum atomic E-state index is -0.257. The minimum absolute atomic E-state index is 0.0393. The first-order chi connectivity index (χ1) is 11.5. The Morgan fingerprint density at radius 2 is 1.67 bits per heavy atom. The average Bonchev–Trinajstić information content (AvgIpc) is 2.53. The number of hydrogen-bond donors (Lipinski definition) is 1. The normalized spacial score (nSPS) is 35.3. The van der Waals surface area contributed by atoms with Gasteiger partial charge in [0.15, 0.2) is 0 Å². The van der Waals surface area contributed by atoms with Gasteiger partial charge in [0.1, 0.15) is 5.82 Å². The third-order valence-electron chi connectivity index (χ3n) is 6.66. The maximum atomic E-state index is 12.9. The van der Waals surface area contributed by atoms with Gasteiger partial charge in [0.25, 0.3) is 0 Å². The number of nitrogens with one attached hydrogen (secondary N) is 1. The molecule has 1 aromatic carbocycles. The maximum Gasteiger partial charge on any atom is 0.244 e. The van der Waals surface area contributed by atoms with Crippen molar-refractivity contribution >= 4 is 12.0 Å². The van der Waals surface area contributed by atoms with Crippen LogP contribution in [-0.2, 0) is 4.79 Å². The van der Waals surface area contributed by atoms with Crippen LogP contribution in [0.1, 0.15) is 51.0 Å². The fourth-order valence-corrected chi connectivity index (χ4v) is 5.87. The average molecular weight is 327 g/mol. The van der Waals surface area contributed by atoms with E-state index in [9.17, 15) is 9.18 Å². The minimum Gasteiger partial charge on any atom is -0.350 e. The van der Waals surface area contributed by atoms with Crippen molar-refractivity contribution in [2.45, 2.75) is 51.5 Å². The molecular formula is C21H26FNO. The van der Waals surface area contributed by atoms with Crippen LogP contribution in [0.2, 0.25) is 0 Å². The van der Waals surface area contributed by atoms with E-state index in [1.807, 2.05) is 0 Å². The van der Waals surface area contributed by atoms with Crippen LogP contribution in [-0.4, -0.2) is 11.9 Å². The monoisotopic (exact) mass is 327 g/mol. The number of hydrogen-bond acceptors (Lipinski definition) is 1. The van der Waals surface area contributed by atoms with Crippen LogP contribution < -0.4 is 5.32 Å². The van der Waals surface area contributed by atoms with E-state index in [2.05, 4.69) is 12.2 Å². The van der Waals surface area contributed by atoms with Gasteiger partial charge in [0, 0.05) is 12.1 Å². The van der Waals surface area contributed by atoms with E-state index >= 15 is 0 Å². The molecule has 4 bridgehead atoms.